The summed E-state index contributed by atoms with van der Waals surface area (Å²) in [6.07, 6.45) is 7.34. The normalized spacial score (nSPS) is 15.5. The molecule has 0 saturated carbocycles. The summed E-state index contributed by atoms with van der Waals surface area (Å²) in [5.74, 6) is 0.671. The van der Waals surface area contributed by atoms with Crippen LogP contribution in [0.5, 0.6) is 0 Å². The van der Waals surface area contributed by atoms with Crippen molar-refractivity contribution in [2.75, 3.05) is 32.0 Å². The van der Waals surface area contributed by atoms with Gasteiger partial charge < -0.3 is 16.0 Å². The van der Waals surface area contributed by atoms with Crippen LogP contribution in [0.4, 0.5) is 5.69 Å². The van der Waals surface area contributed by atoms with Gasteiger partial charge in [0.1, 0.15) is 6.54 Å². The number of aliphatic imine (C=N–C) groups is 1. The lowest BCUT2D eigenvalue weighted by Crippen LogP contribution is -2.54. The summed E-state index contributed by atoms with van der Waals surface area (Å²) in [7, 11) is 1.79. The lowest BCUT2D eigenvalue weighted by molar-refractivity contribution is -0.116. The summed E-state index contributed by atoms with van der Waals surface area (Å²) in [4.78, 5) is 19.1. The summed E-state index contributed by atoms with van der Waals surface area (Å²) in [5, 5.41) is 13.8. The molecule has 0 aliphatic carbocycles. The highest BCUT2D eigenvalue weighted by Gasteiger charge is 2.27. The third kappa shape index (κ3) is 7.10. The highest BCUT2D eigenvalue weighted by atomic mass is 16.2. The molecule has 2 heterocycles. The van der Waals surface area contributed by atoms with E-state index >= 15 is 0 Å². The van der Waals surface area contributed by atoms with Crippen molar-refractivity contribution < 1.29 is 4.79 Å². The third-order valence-electron chi connectivity index (χ3n) is 5.66. The molecule has 0 spiro atoms. The number of aromatic nitrogens is 2. The van der Waals surface area contributed by atoms with Crippen LogP contribution >= 0.6 is 0 Å². The fraction of sp³-hybridized carbons (Fsp3) is 0.522. The molecule has 0 atom stereocenters. The number of nitrogens with one attached hydrogen (secondary N) is 3. The number of likely N-dealkylation sites (tertiary alicyclic amines) is 1. The Hall–Kier alpha value is -2.87. The van der Waals surface area contributed by atoms with Crippen molar-refractivity contribution in [1.82, 2.24) is 25.3 Å². The molecule has 1 aromatic carbocycles. The Morgan fingerprint density at radius 2 is 1.97 bits per heavy atom. The maximum atomic E-state index is 12.2. The molecule has 3 N–H and O–H groups in total. The number of carbonyl (C=O) groups excluding carboxylic acids is 1. The first-order valence-corrected chi connectivity index (χ1v) is 11.0. The molecule has 1 amide bonds. The molecule has 1 aliphatic heterocycles. The van der Waals surface area contributed by atoms with E-state index in [-0.39, 0.29) is 18.0 Å². The lowest BCUT2D eigenvalue weighted by Gasteiger charge is -2.41. The van der Waals surface area contributed by atoms with Gasteiger partial charge in [-0.2, -0.15) is 5.10 Å². The van der Waals surface area contributed by atoms with Gasteiger partial charge in [0.25, 0.3) is 0 Å². The Bertz CT molecular complexity index is 855. The molecular weight excluding hydrogens is 390 g/mol. The molecule has 3 rings (SSSR count). The number of carbonyl (C=O) groups is 1. The number of amides is 1. The van der Waals surface area contributed by atoms with E-state index in [2.05, 4.69) is 44.8 Å². The number of nitrogens with zero attached hydrogens (tertiary/aromatic N) is 4. The van der Waals surface area contributed by atoms with E-state index in [0.29, 0.717) is 6.54 Å². The van der Waals surface area contributed by atoms with Gasteiger partial charge in [0.05, 0.1) is 0 Å². The minimum atomic E-state index is -0.105. The van der Waals surface area contributed by atoms with Crippen LogP contribution in [-0.2, 0) is 17.9 Å². The van der Waals surface area contributed by atoms with Crippen LogP contribution in [0.25, 0.3) is 0 Å². The molecule has 8 nitrogen and oxygen atoms in total. The highest BCUT2D eigenvalue weighted by Crippen LogP contribution is 2.19. The quantitative estimate of drug-likeness (QED) is 0.447. The number of benzene rings is 1. The summed E-state index contributed by atoms with van der Waals surface area (Å²) in [5.41, 5.74) is 1.91. The second-order valence-electron chi connectivity index (χ2n) is 8.59. The molecular formula is C23H35N7O. The number of guanidine groups is 1. The molecule has 0 radical (unpaired) electrons. The van der Waals surface area contributed by atoms with Crippen LogP contribution in [0.3, 0.4) is 0 Å². The smallest absolute Gasteiger partial charge is 0.246 e. The average molecular weight is 426 g/mol. The first kappa shape index (κ1) is 22.8. The first-order valence-electron chi connectivity index (χ1n) is 11.0. The zero-order valence-corrected chi connectivity index (χ0v) is 18.9. The van der Waals surface area contributed by atoms with Gasteiger partial charge in [-0.3, -0.25) is 19.4 Å². The van der Waals surface area contributed by atoms with Crippen LogP contribution < -0.4 is 16.0 Å². The minimum absolute atomic E-state index is 0.0802. The Balaban J connectivity index is 1.47. The molecule has 0 unspecified atom stereocenters. The van der Waals surface area contributed by atoms with Crippen molar-refractivity contribution in [2.45, 2.75) is 51.7 Å². The van der Waals surface area contributed by atoms with Gasteiger partial charge in [0.15, 0.2) is 5.96 Å². The maximum Gasteiger partial charge on any atom is 0.246 e. The topological polar surface area (TPSA) is 86.6 Å². The van der Waals surface area contributed by atoms with E-state index in [0.717, 1.165) is 23.8 Å². The van der Waals surface area contributed by atoms with Crippen LogP contribution in [0.1, 0.15) is 38.7 Å². The Morgan fingerprint density at radius 1 is 1.16 bits per heavy atom. The molecule has 168 valence electrons. The van der Waals surface area contributed by atoms with Crippen LogP contribution in [-0.4, -0.2) is 58.8 Å². The number of hydrogen-bond donors (Lipinski definition) is 3. The predicted octanol–water partition coefficient (Wildman–Crippen LogP) is 2.45. The van der Waals surface area contributed by atoms with Crippen molar-refractivity contribution in [2.24, 2.45) is 4.99 Å². The second-order valence-corrected chi connectivity index (χ2v) is 8.59. The van der Waals surface area contributed by atoms with E-state index < -0.39 is 0 Å². The van der Waals surface area contributed by atoms with Gasteiger partial charge in [-0.1, -0.05) is 18.6 Å². The van der Waals surface area contributed by atoms with E-state index in [9.17, 15) is 4.79 Å². The SMILES string of the molecule is CN=C(NCc1cccc(NC(=O)Cn2cccn2)c1)NCC(C)(C)N1CCCCC1. The van der Waals surface area contributed by atoms with E-state index in [1.54, 1.807) is 30.2 Å². The summed E-state index contributed by atoms with van der Waals surface area (Å²) in [6, 6.07) is 9.63. The van der Waals surface area contributed by atoms with Crippen LogP contribution in [0.15, 0.2) is 47.7 Å². The second kappa shape index (κ2) is 10.9. The van der Waals surface area contributed by atoms with Crippen molar-refractivity contribution in [1.29, 1.82) is 0 Å². The predicted molar refractivity (Wildman–Crippen MR) is 125 cm³/mol. The largest absolute Gasteiger partial charge is 0.355 e. The minimum Gasteiger partial charge on any atom is -0.355 e. The maximum absolute atomic E-state index is 12.2. The van der Waals surface area contributed by atoms with Crippen molar-refractivity contribution in [3.63, 3.8) is 0 Å². The Kier molecular flexibility index (Phi) is 8.06. The van der Waals surface area contributed by atoms with Crippen molar-refractivity contribution in [3.8, 4) is 0 Å². The van der Waals surface area contributed by atoms with E-state index in [4.69, 9.17) is 0 Å². The lowest BCUT2D eigenvalue weighted by atomic mass is 9.98. The highest BCUT2D eigenvalue weighted by molar-refractivity contribution is 5.90. The molecule has 31 heavy (non-hydrogen) atoms. The van der Waals surface area contributed by atoms with Gasteiger partial charge in [-0.05, 0) is 63.5 Å². The first-order chi connectivity index (χ1) is 15.0. The summed E-state index contributed by atoms with van der Waals surface area (Å²) in [6.45, 7) is 8.54. The molecule has 1 aromatic heterocycles. The van der Waals surface area contributed by atoms with Gasteiger partial charge in [-0.15, -0.1) is 0 Å². The molecule has 1 fully saturated rings. The molecule has 1 aliphatic rings. The van der Waals surface area contributed by atoms with E-state index in [1.807, 2.05) is 24.3 Å². The van der Waals surface area contributed by atoms with Crippen LogP contribution in [0.2, 0.25) is 0 Å². The zero-order chi connectivity index (χ0) is 22.1. The number of anilines is 1. The van der Waals surface area contributed by atoms with Crippen LogP contribution in [0, 0.1) is 0 Å². The van der Waals surface area contributed by atoms with Crippen molar-refractivity contribution >= 4 is 17.6 Å². The zero-order valence-electron chi connectivity index (χ0n) is 18.9. The molecule has 1 saturated heterocycles. The van der Waals surface area contributed by atoms with Crippen molar-refractivity contribution in [3.05, 3.63) is 48.3 Å². The number of piperidine rings is 1. The molecule has 2 aromatic rings. The Morgan fingerprint density at radius 3 is 2.68 bits per heavy atom. The third-order valence-corrected chi connectivity index (χ3v) is 5.66. The standard InChI is InChI=1S/C23H35N7O/c1-23(2,29-12-5-4-6-13-29)18-26-22(24-3)25-16-19-9-7-10-20(15-19)28-21(31)17-30-14-8-11-27-30/h7-11,14-15H,4-6,12-13,16-18H2,1-3H3,(H,28,31)(H2,24,25,26). The molecule has 8 heteroatoms. The monoisotopic (exact) mass is 425 g/mol. The summed E-state index contributed by atoms with van der Waals surface area (Å²) < 4.78 is 1.60. The van der Waals surface area contributed by atoms with Gasteiger partial charge in [0.2, 0.25) is 5.91 Å². The molecule has 0 bridgehead atoms. The fourth-order valence-corrected chi connectivity index (χ4v) is 3.82. The van der Waals surface area contributed by atoms with Gasteiger partial charge >= 0.3 is 0 Å². The van der Waals surface area contributed by atoms with Gasteiger partial charge in [-0.25, -0.2) is 0 Å². The summed E-state index contributed by atoms with van der Waals surface area (Å²) >= 11 is 0. The Labute approximate surface area is 185 Å². The fourth-order valence-electron chi connectivity index (χ4n) is 3.82. The number of hydrogen-bond acceptors (Lipinski definition) is 4. The number of rotatable bonds is 8. The van der Waals surface area contributed by atoms with Gasteiger partial charge in [0, 0.05) is 43.8 Å². The van der Waals surface area contributed by atoms with E-state index in [1.165, 1.54) is 32.4 Å². The average Bonchev–Trinajstić information content (AvgIpc) is 3.27.